The van der Waals surface area contributed by atoms with Gasteiger partial charge in [0.1, 0.15) is 0 Å². The minimum atomic E-state index is -0.246. The van der Waals surface area contributed by atoms with Gasteiger partial charge in [0.15, 0.2) is 10.2 Å². The predicted octanol–water partition coefficient (Wildman–Crippen LogP) is 6.39. The van der Waals surface area contributed by atoms with E-state index in [4.69, 9.17) is 12.2 Å². The molecule has 3 aromatic carbocycles. The Morgan fingerprint density at radius 3 is 2.42 bits per heavy atom. The number of aromatic nitrogens is 1. The van der Waals surface area contributed by atoms with E-state index in [0.717, 1.165) is 16.6 Å². The number of rotatable bonds is 3. The molecule has 1 aromatic heterocycles. The van der Waals surface area contributed by atoms with E-state index in [-0.39, 0.29) is 16.4 Å². The highest BCUT2D eigenvalue weighted by atomic mass is 32.1. The zero-order valence-electron chi connectivity index (χ0n) is 17.6. The van der Waals surface area contributed by atoms with E-state index in [0.29, 0.717) is 10.7 Å². The second kappa shape index (κ2) is 8.57. The molecule has 0 unspecified atom stereocenters. The molecule has 4 rings (SSSR count). The number of carbonyl (C=O) groups is 1. The standard InChI is InChI=1S/C25H23N3OS2/c1-25(2,3)18-13-11-17(12-14-18)22(29)27-23(30)28-24-26-21(15-31-24)20-10-6-8-16-7-4-5-9-19(16)20/h4-15H,1-3H3,(H2,26,27,28,29,30). The first-order valence-electron chi connectivity index (χ1n) is 9.98. The first-order chi connectivity index (χ1) is 14.8. The van der Waals surface area contributed by atoms with Crippen LogP contribution in [0.4, 0.5) is 5.13 Å². The zero-order valence-corrected chi connectivity index (χ0v) is 19.2. The Hall–Kier alpha value is -3.09. The molecule has 0 bridgehead atoms. The van der Waals surface area contributed by atoms with Crippen molar-refractivity contribution in [1.29, 1.82) is 0 Å². The number of hydrogen-bond donors (Lipinski definition) is 2. The molecule has 0 saturated heterocycles. The second-order valence-electron chi connectivity index (χ2n) is 8.30. The molecule has 4 aromatic rings. The second-order valence-corrected chi connectivity index (χ2v) is 9.57. The molecule has 0 aliphatic carbocycles. The fourth-order valence-corrected chi connectivity index (χ4v) is 4.30. The van der Waals surface area contributed by atoms with E-state index in [9.17, 15) is 4.79 Å². The maximum absolute atomic E-state index is 12.5. The summed E-state index contributed by atoms with van der Waals surface area (Å²) >= 11 is 6.77. The van der Waals surface area contributed by atoms with Crippen LogP contribution < -0.4 is 10.6 Å². The van der Waals surface area contributed by atoms with Gasteiger partial charge < -0.3 is 5.32 Å². The Morgan fingerprint density at radius 1 is 0.968 bits per heavy atom. The van der Waals surface area contributed by atoms with Crippen molar-refractivity contribution in [2.24, 2.45) is 0 Å². The molecule has 31 heavy (non-hydrogen) atoms. The summed E-state index contributed by atoms with van der Waals surface area (Å²) < 4.78 is 0. The van der Waals surface area contributed by atoms with Crippen LogP contribution in [0.1, 0.15) is 36.7 Å². The van der Waals surface area contributed by atoms with Crippen molar-refractivity contribution in [2.75, 3.05) is 5.32 Å². The predicted molar refractivity (Wildman–Crippen MR) is 134 cm³/mol. The van der Waals surface area contributed by atoms with Gasteiger partial charge >= 0.3 is 0 Å². The molecule has 2 N–H and O–H groups in total. The summed E-state index contributed by atoms with van der Waals surface area (Å²) in [5.74, 6) is -0.246. The van der Waals surface area contributed by atoms with Gasteiger partial charge in [0.2, 0.25) is 0 Å². The number of anilines is 1. The molecule has 0 spiro atoms. The van der Waals surface area contributed by atoms with Crippen molar-refractivity contribution < 1.29 is 4.79 Å². The molecule has 6 heteroatoms. The molecule has 0 radical (unpaired) electrons. The fraction of sp³-hybridized carbons (Fsp3) is 0.160. The van der Waals surface area contributed by atoms with Crippen molar-refractivity contribution >= 4 is 50.5 Å². The van der Waals surface area contributed by atoms with Crippen LogP contribution in [0.15, 0.2) is 72.1 Å². The van der Waals surface area contributed by atoms with Gasteiger partial charge in [-0.05, 0) is 46.1 Å². The van der Waals surface area contributed by atoms with Crippen LogP contribution in [0.2, 0.25) is 0 Å². The summed E-state index contributed by atoms with van der Waals surface area (Å²) in [6.45, 7) is 6.42. The van der Waals surface area contributed by atoms with Crippen molar-refractivity contribution in [2.45, 2.75) is 26.2 Å². The molecular formula is C25H23N3OS2. The highest BCUT2D eigenvalue weighted by molar-refractivity contribution is 7.80. The first-order valence-corrected chi connectivity index (χ1v) is 11.3. The van der Waals surface area contributed by atoms with E-state index in [1.54, 1.807) is 0 Å². The Kier molecular flexibility index (Phi) is 5.85. The molecule has 0 saturated carbocycles. The van der Waals surface area contributed by atoms with E-state index in [1.807, 2.05) is 47.8 Å². The molecule has 1 amide bonds. The van der Waals surface area contributed by atoms with Gasteiger partial charge in [-0.15, -0.1) is 11.3 Å². The van der Waals surface area contributed by atoms with Crippen molar-refractivity contribution in [1.82, 2.24) is 10.3 Å². The van der Waals surface area contributed by atoms with Gasteiger partial charge in [-0.3, -0.25) is 10.1 Å². The first kappa shape index (κ1) is 21.2. The molecule has 0 aliphatic rings. The summed E-state index contributed by atoms with van der Waals surface area (Å²) in [5.41, 5.74) is 3.71. The van der Waals surface area contributed by atoms with Gasteiger partial charge in [0.25, 0.3) is 5.91 Å². The number of hydrogen-bond acceptors (Lipinski definition) is 4. The Balaban J connectivity index is 1.44. The zero-order chi connectivity index (χ0) is 22.0. The summed E-state index contributed by atoms with van der Waals surface area (Å²) in [7, 11) is 0. The van der Waals surface area contributed by atoms with Gasteiger partial charge in [-0.2, -0.15) is 0 Å². The van der Waals surface area contributed by atoms with E-state index in [2.05, 4.69) is 60.7 Å². The van der Waals surface area contributed by atoms with Crippen LogP contribution >= 0.6 is 23.6 Å². The smallest absolute Gasteiger partial charge is 0.257 e. The normalized spacial score (nSPS) is 11.3. The number of nitrogens with one attached hydrogen (secondary N) is 2. The number of thiocarbonyl (C=S) groups is 1. The lowest BCUT2D eigenvalue weighted by molar-refractivity contribution is 0.0977. The van der Waals surface area contributed by atoms with Crippen molar-refractivity contribution in [3.05, 3.63) is 83.2 Å². The van der Waals surface area contributed by atoms with E-state index >= 15 is 0 Å². The molecule has 156 valence electrons. The number of carbonyl (C=O) groups excluding carboxylic acids is 1. The third-order valence-corrected chi connectivity index (χ3v) is 5.99. The van der Waals surface area contributed by atoms with E-state index in [1.165, 1.54) is 22.3 Å². The van der Waals surface area contributed by atoms with Gasteiger partial charge in [0, 0.05) is 16.5 Å². The lowest BCUT2D eigenvalue weighted by Crippen LogP contribution is -2.34. The largest absolute Gasteiger partial charge is 0.308 e. The van der Waals surface area contributed by atoms with Crippen molar-refractivity contribution in [3.63, 3.8) is 0 Å². The number of nitrogens with zero attached hydrogens (tertiary/aromatic N) is 1. The van der Waals surface area contributed by atoms with Crippen LogP contribution in [0.25, 0.3) is 22.0 Å². The van der Waals surface area contributed by atoms with Gasteiger partial charge in [0.05, 0.1) is 5.69 Å². The average molecular weight is 446 g/mol. The molecule has 4 nitrogen and oxygen atoms in total. The number of benzene rings is 3. The maximum Gasteiger partial charge on any atom is 0.257 e. The SMILES string of the molecule is CC(C)(C)c1ccc(C(=O)NC(=S)Nc2nc(-c3cccc4ccccc34)cs2)cc1. The van der Waals surface area contributed by atoms with E-state index < -0.39 is 0 Å². The Morgan fingerprint density at radius 2 is 1.68 bits per heavy atom. The van der Waals surface area contributed by atoms with Crippen molar-refractivity contribution in [3.8, 4) is 11.3 Å². The summed E-state index contributed by atoms with van der Waals surface area (Å²) in [5, 5.41) is 10.9. The summed E-state index contributed by atoms with van der Waals surface area (Å²) in [6, 6.07) is 22.0. The summed E-state index contributed by atoms with van der Waals surface area (Å²) in [4.78, 5) is 17.2. The van der Waals surface area contributed by atoms with Crippen LogP contribution in [-0.4, -0.2) is 16.0 Å². The maximum atomic E-state index is 12.5. The highest BCUT2D eigenvalue weighted by Gasteiger charge is 2.15. The number of fused-ring (bicyclic) bond motifs is 1. The third kappa shape index (κ3) is 4.81. The Bertz CT molecular complexity index is 1250. The van der Waals surface area contributed by atoms with Crippen LogP contribution in [0.5, 0.6) is 0 Å². The lowest BCUT2D eigenvalue weighted by atomic mass is 9.87. The molecular weight excluding hydrogens is 422 g/mol. The lowest BCUT2D eigenvalue weighted by Gasteiger charge is -2.19. The monoisotopic (exact) mass is 445 g/mol. The minimum absolute atomic E-state index is 0.0402. The Labute approximate surface area is 191 Å². The molecule has 0 aliphatic heterocycles. The molecule has 0 atom stereocenters. The number of amides is 1. The molecule has 1 heterocycles. The third-order valence-electron chi connectivity index (χ3n) is 5.03. The molecule has 0 fully saturated rings. The van der Waals surface area contributed by atoms with Gasteiger partial charge in [-0.1, -0.05) is 75.4 Å². The minimum Gasteiger partial charge on any atom is -0.308 e. The topological polar surface area (TPSA) is 54.0 Å². The average Bonchev–Trinajstić information content (AvgIpc) is 3.20. The quantitative estimate of drug-likeness (QED) is 0.359. The summed E-state index contributed by atoms with van der Waals surface area (Å²) in [6.07, 6.45) is 0. The van der Waals surface area contributed by atoms with Crippen LogP contribution in [-0.2, 0) is 5.41 Å². The highest BCUT2D eigenvalue weighted by Crippen LogP contribution is 2.31. The van der Waals surface area contributed by atoms with Gasteiger partial charge in [-0.25, -0.2) is 4.98 Å². The number of thiazole rings is 1. The van der Waals surface area contributed by atoms with Crippen LogP contribution in [0.3, 0.4) is 0 Å². The van der Waals surface area contributed by atoms with Crippen LogP contribution in [0, 0.1) is 0 Å². The fourth-order valence-electron chi connectivity index (χ4n) is 3.33.